The molecule has 1 aromatic carbocycles. The molecule has 38 heavy (non-hydrogen) atoms. The molecule has 2 aliphatic rings. The topological polar surface area (TPSA) is 220 Å². The number of fused-ring (bicyclic) bond motifs is 2. The molecule has 2 bridgehead atoms. The molecule has 13 nitrogen and oxygen atoms in total. The van der Waals surface area contributed by atoms with Crippen LogP contribution in [0.5, 0.6) is 0 Å². The molecule has 1 aromatic rings. The fourth-order valence-corrected chi connectivity index (χ4v) is 5.28. The summed E-state index contributed by atoms with van der Waals surface area (Å²) in [5.74, 6) is -9.70. The summed E-state index contributed by atoms with van der Waals surface area (Å²) in [4.78, 5) is 48.0. The van der Waals surface area contributed by atoms with Gasteiger partial charge in [0.15, 0.2) is 5.79 Å². The number of carbonyl (C=O) groups excluding carboxylic acids is 1. The average molecular weight is 538 g/mol. The summed E-state index contributed by atoms with van der Waals surface area (Å²) in [7, 11) is 0. The average Bonchev–Trinajstić information content (AvgIpc) is 3.04. The lowest BCUT2D eigenvalue weighted by molar-refractivity contribution is -0.374. The Kier molecular flexibility index (Phi) is 8.01. The van der Waals surface area contributed by atoms with Crippen molar-refractivity contribution in [2.45, 2.75) is 74.5 Å². The maximum absolute atomic E-state index is 12.2. The SMILES string of the molecule is C=C(CCC12OC(C(=O)O)C(O)(C(=O)O)C(C(=O)O)(O1)C(O)C2O)C(NC(C)=O)C(C)Cc1ccccc1. The van der Waals surface area contributed by atoms with Crippen molar-refractivity contribution in [1.82, 2.24) is 5.32 Å². The summed E-state index contributed by atoms with van der Waals surface area (Å²) >= 11 is 0. The molecule has 2 saturated heterocycles. The van der Waals surface area contributed by atoms with Crippen LogP contribution in [0.15, 0.2) is 42.5 Å². The van der Waals surface area contributed by atoms with Gasteiger partial charge in [0, 0.05) is 13.3 Å². The second kappa shape index (κ2) is 10.4. The third-order valence-electron chi connectivity index (χ3n) is 7.19. The molecule has 2 fully saturated rings. The minimum Gasteiger partial charge on any atom is -0.479 e. The first kappa shape index (κ1) is 29.2. The second-order valence-corrected chi connectivity index (χ2v) is 9.76. The lowest BCUT2D eigenvalue weighted by atomic mass is 9.74. The lowest BCUT2D eigenvalue weighted by Gasteiger charge is -2.48. The zero-order chi connectivity index (χ0) is 28.6. The Morgan fingerprint density at radius 2 is 1.66 bits per heavy atom. The predicted molar refractivity (Wildman–Crippen MR) is 127 cm³/mol. The van der Waals surface area contributed by atoms with E-state index in [0.29, 0.717) is 12.0 Å². The smallest absolute Gasteiger partial charge is 0.343 e. The van der Waals surface area contributed by atoms with E-state index >= 15 is 0 Å². The number of carboxylic acid groups (broad SMARTS) is 3. The van der Waals surface area contributed by atoms with E-state index in [9.17, 15) is 49.8 Å². The molecule has 7 N–H and O–H groups in total. The van der Waals surface area contributed by atoms with Crippen molar-refractivity contribution in [2.75, 3.05) is 0 Å². The number of carbonyl (C=O) groups is 4. The summed E-state index contributed by atoms with van der Waals surface area (Å²) in [6, 6.07) is 8.77. The molecule has 3 rings (SSSR count). The molecule has 0 spiro atoms. The van der Waals surface area contributed by atoms with Crippen molar-refractivity contribution in [1.29, 1.82) is 0 Å². The van der Waals surface area contributed by atoms with Crippen molar-refractivity contribution in [3.8, 4) is 0 Å². The highest BCUT2D eigenvalue weighted by Gasteiger charge is 2.84. The first-order chi connectivity index (χ1) is 17.6. The summed E-state index contributed by atoms with van der Waals surface area (Å²) in [5.41, 5.74) is -5.91. The van der Waals surface area contributed by atoms with E-state index < -0.39 is 65.7 Å². The maximum atomic E-state index is 12.2. The molecule has 8 unspecified atom stereocenters. The molecule has 1 amide bonds. The van der Waals surface area contributed by atoms with Crippen LogP contribution in [0.1, 0.15) is 32.3 Å². The molecule has 0 radical (unpaired) electrons. The second-order valence-electron chi connectivity index (χ2n) is 9.76. The Morgan fingerprint density at radius 1 is 1.05 bits per heavy atom. The highest BCUT2D eigenvalue weighted by Crippen LogP contribution is 2.54. The third kappa shape index (κ3) is 4.56. The molecule has 0 saturated carbocycles. The van der Waals surface area contributed by atoms with Gasteiger partial charge in [0.25, 0.3) is 0 Å². The predicted octanol–water partition coefficient (Wildman–Crippen LogP) is -0.723. The first-order valence-electron chi connectivity index (χ1n) is 11.8. The van der Waals surface area contributed by atoms with Crippen molar-refractivity contribution in [3.63, 3.8) is 0 Å². The normalized spacial score (nSPS) is 33.7. The molecule has 2 heterocycles. The van der Waals surface area contributed by atoms with Crippen LogP contribution in [-0.4, -0.2) is 95.8 Å². The van der Waals surface area contributed by atoms with Gasteiger partial charge in [-0.15, -0.1) is 0 Å². The quantitative estimate of drug-likeness (QED) is 0.174. The van der Waals surface area contributed by atoms with Crippen LogP contribution in [0.2, 0.25) is 0 Å². The van der Waals surface area contributed by atoms with E-state index in [1.54, 1.807) is 0 Å². The zero-order valence-corrected chi connectivity index (χ0v) is 20.7. The molecule has 0 aromatic heterocycles. The van der Waals surface area contributed by atoms with E-state index in [-0.39, 0.29) is 18.2 Å². The highest BCUT2D eigenvalue weighted by atomic mass is 16.8. The number of amides is 1. The molecule has 13 heteroatoms. The van der Waals surface area contributed by atoms with Crippen LogP contribution in [0.3, 0.4) is 0 Å². The van der Waals surface area contributed by atoms with Gasteiger partial charge in [-0.3, -0.25) is 4.79 Å². The van der Waals surface area contributed by atoms with E-state index in [1.165, 1.54) is 6.92 Å². The van der Waals surface area contributed by atoms with Gasteiger partial charge in [-0.2, -0.15) is 0 Å². The number of aliphatic hydroxyl groups excluding tert-OH is 2. The lowest BCUT2D eigenvalue weighted by Crippen LogP contribution is -2.77. The van der Waals surface area contributed by atoms with Crippen LogP contribution >= 0.6 is 0 Å². The molecule has 0 aliphatic carbocycles. The highest BCUT2D eigenvalue weighted by molar-refractivity contribution is 5.97. The molecular weight excluding hydrogens is 506 g/mol. The van der Waals surface area contributed by atoms with Crippen LogP contribution in [0.4, 0.5) is 0 Å². The Morgan fingerprint density at radius 3 is 2.16 bits per heavy atom. The number of hydrogen-bond donors (Lipinski definition) is 7. The van der Waals surface area contributed by atoms with Crippen molar-refractivity contribution < 1.29 is 59.3 Å². The summed E-state index contributed by atoms with van der Waals surface area (Å²) in [5, 5.41) is 64.1. The summed E-state index contributed by atoms with van der Waals surface area (Å²) in [6.07, 6.45) is -7.66. The number of nitrogens with one attached hydrogen (secondary N) is 1. The molecule has 208 valence electrons. The van der Waals surface area contributed by atoms with E-state index in [1.807, 2.05) is 37.3 Å². The van der Waals surface area contributed by atoms with Gasteiger partial charge < -0.3 is 45.4 Å². The third-order valence-corrected chi connectivity index (χ3v) is 7.19. The number of rotatable bonds is 11. The number of benzene rings is 1. The fourth-order valence-electron chi connectivity index (χ4n) is 5.28. The molecule has 2 aliphatic heterocycles. The van der Waals surface area contributed by atoms with Crippen molar-refractivity contribution in [3.05, 3.63) is 48.0 Å². The van der Waals surface area contributed by atoms with Crippen LogP contribution in [0.25, 0.3) is 0 Å². The summed E-state index contributed by atoms with van der Waals surface area (Å²) in [6.45, 7) is 7.17. The Bertz CT molecular complexity index is 1120. The van der Waals surface area contributed by atoms with Crippen LogP contribution in [-0.2, 0) is 35.1 Å². The monoisotopic (exact) mass is 537 g/mol. The minimum absolute atomic E-state index is 0.138. The van der Waals surface area contributed by atoms with E-state index in [4.69, 9.17) is 9.47 Å². The number of hydrogen-bond acceptors (Lipinski definition) is 9. The zero-order valence-electron chi connectivity index (χ0n) is 20.7. The van der Waals surface area contributed by atoms with Gasteiger partial charge in [-0.1, -0.05) is 49.4 Å². The standard InChI is InChI=1S/C25H31NO12/c1-12(16(26-14(3)27)13(2)11-15-7-5-4-6-8-15)9-10-23-17(28)18(29)25(38-23,22(34)35)24(36,21(32)33)19(37-23)20(30)31/h4-8,13,16-19,28-29,36H,1,9-11H2,2-3H3,(H,26,27)(H,30,31)(H,32,33)(H,34,35). The van der Waals surface area contributed by atoms with Crippen molar-refractivity contribution in [2.24, 2.45) is 5.92 Å². The molecular formula is C25H31NO12. The largest absolute Gasteiger partial charge is 0.479 e. The van der Waals surface area contributed by atoms with Gasteiger partial charge in [0.1, 0.15) is 12.2 Å². The molecule has 8 atom stereocenters. The van der Waals surface area contributed by atoms with Crippen LogP contribution in [0, 0.1) is 5.92 Å². The van der Waals surface area contributed by atoms with Gasteiger partial charge in [-0.25, -0.2) is 14.4 Å². The Hall–Kier alpha value is -3.36. The fraction of sp³-hybridized carbons (Fsp3) is 0.520. The Balaban J connectivity index is 1.93. The minimum atomic E-state index is -3.80. The van der Waals surface area contributed by atoms with Gasteiger partial charge in [-0.05, 0) is 24.3 Å². The number of carboxylic acids is 3. The van der Waals surface area contributed by atoms with Gasteiger partial charge in [0.05, 0.1) is 6.04 Å². The van der Waals surface area contributed by atoms with E-state index in [0.717, 1.165) is 5.56 Å². The van der Waals surface area contributed by atoms with Crippen molar-refractivity contribution >= 4 is 23.8 Å². The van der Waals surface area contributed by atoms with E-state index in [2.05, 4.69) is 11.9 Å². The first-order valence-corrected chi connectivity index (χ1v) is 11.8. The number of ether oxygens (including phenoxy) is 2. The Labute approximate surface area is 217 Å². The van der Waals surface area contributed by atoms with Crippen LogP contribution < -0.4 is 5.32 Å². The number of aliphatic carboxylic acids is 3. The van der Waals surface area contributed by atoms with Gasteiger partial charge >= 0.3 is 17.9 Å². The number of aliphatic hydroxyl groups is 3. The summed E-state index contributed by atoms with van der Waals surface area (Å²) < 4.78 is 10.6. The maximum Gasteiger partial charge on any atom is 0.343 e. The van der Waals surface area contributed by atoms with Gasteiger partial charge in [0.2, 0.25) is 23.2 Å².